The Morgan fingerprint density at radius 2 is 1.85 bits per heavy atom. The van der Waals surface area contributed by atoms with Crippen molar-refractivity contribution in [3.05, 3.63) is 81.6 Å². The Labute approximate surface area is 202 Å². The molecule has 0 aliphatic carbocycles. The van der Waals surface area contributed by atoms with Crippen molar-refractivity contribution in [3.8, 4) is 11.5 Å². The van der Waals surface area contributed by atoms with Crippen LogP contribution in [0.4, 0.5) is 0 Å². The van der Waals surface area contributed by atoms with Gasteiger partial charge in [0.1, 0.15) is 5.15 Å². The van der Waals surface area contributed by atoms with E-state index in [-0.39, 0.29) is 13.3 Å². The lowest BCUT2D eigenvalue weighted by Gasteiger charge is -2.06. The first-order valence-corrected chi connectivity index (χ1v) is 11.1. The van der Waals surface area contributed by atoms with E-state index in [1.807, 2.05) is 44.2 Å². The SMILES string of the molecule is Cc1ccc(Cn2nc(C)c(/C=C/C(=O)OCC(=O)NCc3ccc4c(c3)OCO4)c2Cl)cc1. The molecular formula is C25H24ClN3O5. The molecule has 0 atom stereocenters. The molecule has 0 bridgehead atoms. The molecule has 0 radical (unpaired) electrons. The van der Waals surface area contributed by atoms with Crippen LogP contribution in [0, 0.1) is 13.8 Å². The molecule has 0 unspecified atom stereocenters. The number of ether oxygens (including phenoxy) is 3. The van der Waals surface area contributed by atoms with Gasteiger partial charge in [0.2, 0.25) is 6.79 Å². The normalized spacial score (nSPS) is 12.2. The first-order chi connectivity index (χ1) is 16.4. The average Bonchev–Trinajstić information content (AvgIpc) is 3.40. The van der Waals surface area contributed by atoms with Gasteiger partial charge in [-0.3, -0.25) is 4.79 Å². The van der Waals surface area contributed by atoms with Gasteiger partial charge in [-0.2, -0.15) is 5.10 Å². The van der Waals surface area contributed by atoms with Crippen molar-refractivity contribution in [3.63, 3.8) is 0 Å². The Bertz CT molecular complexity index is 1230. The van der Waals surface area contributed by atoms with Gasteiger partial charge < -0.3 is 19.5 Å². The van der Waals surface area contributed by atoms with Crippen LogP contribution in [0.5, 0.6) is 11.5 Å². The summed E-state index contributed by atoms with van der Waals surface area (Å²) in [5.74, 6) is 0.241. The molecule has 2 aromatic carbocycles. The fourth-order valence-electron chi connectivity index (χ4n) is 3.37. The maximum Gasteiger partial charge on any atom is 0.331 e. The van der Waals surface area contributed by atoms with Gasteiger partial charge in [-0.25, -0.2) is 9.48 Å². The van der Waals surface area contributed by atoms with Crippen LogP contribution < -0.4 is 14.8 Å². The Morgan fingerprint density at radius 1 is 1.12 bits per heavy atom. The largest absolute Gasteiger partial charge is 0.454 e. The van der Waals surface area contributed by atoms with Crippen LogP contribution in [0.3, 0.4) is 0 Å². The fraction of sp³-hybridized carbons (Fsp3) is 0.240. The smallest absolute Gasteiger partial charge is 0.331 e. The van der Waals surface area contributed by atoms with Gasteiger partial charge in [0.15, 0.2) is 18.1 Å². The fourth-order valence-corrected chi connectivity index (χ4v) is 3.66. The number of fused-ring (bicyclic) bond motifs is 1. The summed E-state index contributed by atoms with van der Waals surface area (Å²) in [5, 5.41) is 7.57. The molecule has 3 aromatic rings. The number of nitrogens with zero attached hydrogens (tertiary/aromatic N) is 2. The monoisotopic (exact) mass is 481 g/mol. The van der Waals surface area contributed by atoms with Crippen LogP contribution >= 0.6 is 11.6 Å². The molecule has 2 heterocycles. The molecule has 4 rings (SSSR count). The topological polar surface area (TPSA) is 91.7 Å². The standard InChI is InChI=1S/C25H24ClN3O5/c1-16-3-5-18(6-4-16)13-29-25(26)20(17(2)28-29)8-10-24(31)32-14-23(30)27-12-19-7-9-21-22(11-19)34-15-33-21/h3-11H,12-15H2,1-2H3,(H,27,30)/b10-8+. The molecule has 1 aliphatic heterocycles. The maximum absolute atomic E-state index is 12.1. The third-order valence-corrected chi connectivity index (χ3v) is 5.62. The lowest BCUT2D eigenvalue weighted by atomic mass is 10.1. The van der Waals surface area contributed by atoms with Crippen molar-refractivity contribution in [2.75, 3.05) is 13.4 Å². The van der Waals surface area contributed by atoms with E-state index in [2.05, 4.69) is 10.4 Å². The van der Waals surface area contributed by atoms with E-state index in [0.717, 1.165) is 11.1 Å². The molecule has 8 nitrogen and oxygen atoms in total. The third-order valence-electron chi connectivity index (χ3n) is 5.22. The predicted molar refractivity (Wildman–Crippen MR) is 127 cm³/mol. The van der Waals surface area contributed by atoms with E-state index < -0.39 is 18.5 Å². The van der Waals surface area contributed by atoms with Gasteiger partial charge in [-0.05, 0) is 43.2 Å². The first kappa shape index (κ1) is 23.4. The second-order valence-electron chi connectivity index (χ2n) is 7.84. The molecule has 34 heavy (non-hydrogen) atoms. The van der Waals surface area contributed by atoms with E-state index in [1.165, 1.54) is 11.6 Å². The molecule has 0 saturated heterocycles. The molecule has 0 fully saturated rings. The minimum absolute atomic E-state index is 0.187. The quantitative estimate of drug-likeness (QED) is 0.388. The van der Waals surface area contributed by atoms with Crippen LogP contribution in [0.25, 0.3) is 6.08 Å². The number of aromatic nitrogens is 2. The summed E-state index contributed by atoms with van der Waals surface area (Å²) in [6.07, 6.45) is 2.78. The first-order valence-electron chi connectivity index (χ1n) is 10.7. The highest BCUT2D eigenvalue weighted by molar-refractivity contribution is 6.31. The Balaban J connectivity index is 1.26. The molecule has 1 aliphatic rings. The second-order valence-corrected chi connectivity index (χ2v) is 8.20. The van der Waals surface area contributed by atoms with Crippen molar-refractivity contribution in [1.82, 2.24) is 15.1 Å². The molecule has 1 N–H and O–H groups in total. The average molecular weight is 482 g/mol. The molecule has 1 aromatic heterocycles. The molecule has 9 heteroatoms. The summed E-state index contributed by atoms with van der Waals surface area (Å²) in [6.45, 7) is 4.42. The summed E-state index contributed by atoms with van der Waals surface area (Å²) >= 11 is 6.47. The number of hydrogen-bond donors (Lipinski definition) is 1. The van der Waals surface area contributed by atoms with E-state index >= 15 is 0 Å². The van der Waals surface area contributed by atoms with E-state index in [0.29, 0.717) is 34.5 Å². The summed E-state index contributed by atoms with van der Waals surface area (Å²) in [7, 11) is 0. The summed E-state index contributed by atoms with van der Waals surface area (Å²) < 4.78 is 17.3. The van der Waals surface area contributed by atoms with E-state index in [9.17, 15) is 9.59 Å². The number of rotatable bonds is 8. The molecular weight excluding hydrogens is 458 g/mol. The Hall–Kier alpha value is -3.78. The van der Waals surface area contributed by atoms with Crippen LogP contribution in [0.2, 0.25) is 5.15 Å². The third kappa shape index (κ3) is 5.77. The highest BCUT2D eigenvalue weighted by atomic mass is 35.5. The maximum atomic E-state index is 12.1. The number of amides is 1. The Kier molecular flexibility index (Phi) is 7.18. The Morgan fingerprint density at radius 3 is 2.65 bits per heavy atom. The minimum atomic E-state index is -0.653. The number of esters is 1. The van der Waals surface area contributed by atoms with E-state index in [1.54, 1.807) is 22.9 Å². The van der Waals surface area contributed by atoms with Crippen molar-refractivity contribution in [2.24, 2.45) is 0 Å². The number of aryl methyl sites for hydroxylation is 2. The predicted octanol–water partition coefficient (Wildman–Crippen LogP) is 3.80. The van der Waals surface area contributed by atoms with Gasteiger partial charge in [-0.15, -0.1) is 0 Å². The van der Waals surface area contributed by atoms with Gasteiger partial charge >= 0.3 is 5.97 Å². The van der Waals surface area contributed by atoms with Crippen LogP contribution in [0.15, 0.2) is 48.5 Å². The van der Waals surface area contributed by atoms with E-state index in [4.69, 9.17) is 25.8 Å². The number of nitrogens with one attached hydrogen (secondary N) is 1. The van der Waals surface area contributed by atoms with Gasteiger partial charge in [0.05, 0.1) is 12.2 Å². The second kappa shape index (κ2) is 10.4. The highest BCUT2D eigenvalue weighted by Crippen LogP contribution is 2.32. The van der Waals surface area contributed by atoms with Crippen molar-refractivity contribution >= 4 is 29.6 Å². The number of hydrogen-bond acceptors (Lipinski definition) is 6. The van der Waals surface area contributed by atoms with Crippen molar-refractivity contribution < 1.29 is 23.8 Å². The van der Waals surface area contributed by atoms with Crippen molar-refractivity contribution in [1.29, 1.82) is 0 Å². The van der Waals surface area contributed by atoms with Crippen LogP contribution in [0.1, 0.15) is 27.9 Å². The number of carbonyl (C=O) groups is 2. The lowest BCUT2D eigenvalue weighted by molar-refractivity contribution is -0.143. The van der Waals surface area contributed by atoms with Crippen LogP contribution in [-0.4, -0.2) is 35.1 Å². The molecule has 176 valence electrons. The molecule has 1 amide bonds. The summed E-state index contributed by atoms with van der Waals surface area (Å²) in [4.78, 5) is 24.1. The zero-order valence-electron chi connectivity index (χ0n) is 18.8. The van der Waals surface area contributed by atoms with Gasteiger partial charge in [0.25, 0.3) is 5.91 Å². The summed E-state index contributed by atoms with van der Waals surface area (Å²) in [5.41, 5.74) is 4.39. The number of carbonyl (C=O) groups excluding carboxylic acids is 2. The zero-order chi connectivity index (χ0) is 24.1. The van der Waals surface area contributed by atoms with Crippen molar-refractivity contribution in [2.45, 2.75) is 26.9 Å². The minimum Gasteiger partial charge on any atom is -0.454 e. The van der Waals surface area contributed by atoms with Crippen LogP contribution in [-0.2, 0) is 27.4 Å². The summed E-state index contributed by atoms with van der Waals surface area (Å²) in [6, 6.07) is 13.5. The van der Waals surface area contributed by atoms with Gasteiger partial charge in [0, 0.05) is 18.2 Å². The lowest BCUT2D eigenvalue weighted by Crippen LogP contribution is -2.28. The van der Waals surface area contributed by atoms with Gasteiger partial charge in [-0.1, -0.05) is 47.5 Å². The number of halogens is 1. The molecule has 0 spiro atoms. The zero-order valence-corrected chi connectivity index (χ0v) is 19.6. The molecule has 0 saturated carbocycles. The number of benzene rings is 2. The highest BCUT2D eigenvalue weighted by Gasteiger charge is 2.14.